The molecular formula is C10H18N4. The third-order valence-electron chi connectivity index (χ3n) is 2.28. The van der Waals surface area contributed by atoms with Crippen LogP contribution in [0, 0.1) is 0 Å². The van der Waals surface area contributed by atoms with Gasteiger partial charge in [-0.25, -0.2) is 4.99 Å². The first-order valence-corrected chi connectivity index (χ1v) is 4.83. The van der Waals surface area contributed by atoms with Crippen molar-refractivity contribution in [3.63, 3.8) is 0 Å². The summed E-state index contributed by atoms with van der Waals surface area (Å²) in [7, 11) is 3.90. The molecule has 1 fully saturated rings. The van der Waals surface area contributed by atoms with Gasteiger partial charge in [0.25, 0.3) is 0 Å². The highest BCUT2D eigenvalue weighted by molar-refractivity contribution is 5.90. The molecule has 0 N–H and O–H groups in total. The lowest BCUT2D eigenvalue weighted by molar-refractivity contribution is 0.214. The van der Waals surface area contributed by atoms with E-state index in [4.69, 9.17) is 0 Å². The molecule has 0 aromatic carbocycles. The first-order valence-electron chi connectivity index (χ1n) is 4.83. The van der Waals surface area contributed by atoms with Crippen LogP contribution in [0.1, 0.15) is 0 Å². The summed E-state index contributed by atoms with van der Waals surface area (Å²) in [5, 5.41) is 0. The fourth-order valence-electron chi connectivity index (χ4n) is 1.41. The van der Waals surface area contributed by atoms with Gasteiger partial charge in [-0.05, 0) is 7.05 Å². The number of nitrogens with zero attached hydrogens (tertiary/aromatic N) is 4. The quantitative estimate of drug-likeness (QED) is 0.449. The second-order valence-corrected chi connectivity index (χ2v) is 3.33. The van der Waals surface area contributed by atoms with Crippen LogP contribution in [0.3, 0.4) is 0 Å². The monoisotopic (exact) mass is 194 g/mol. The van der Waals surface area contributed by atoms with Gasteiger partial charge in [0, 0.05) is 39.4 Å². The number of allylic oxidation sites excluding steroid dienone is 1. The van der Waals surface area contributed by atoms with E-state index in [0.717, 1.165) is 32.1 Å². The Hall–Kier alpha value is -1.16. The van der Waals surface area contributed by atoms with Crippen LogP contribution in [-0.2, 0) is 0 Å². The van der Waals surface area contributed by atoms with E-state index < -0.39 is 0 Å². The molecule has 1 saturated heterocycles. The van der Waals surface area contributed by atoms with Crippen LogP contribution in [0.25, 0.3) is 0 Å². The highest BCUT2D eigenvalue weighted by Crippen LogP contribution is 2.01. The van der Waals surface area contributed by atoms with Crippen LogP contribution in [-0.4, -0.2) is 62.2 Å². The van der Waals surface area contributed by atoms with Crippen LogP contribution in [0.5, 0.6) is 0 Å². The number of piperazine rings is 1. The minimum atomic E-state index is 0.804. The van der Waals surface area contributed by atoms with Gasteiger partial charge < -0.3 is 9.80 Å². The molecule has 0 radical (unpaired) electrons. The molecular weight excluding hydrogens is 176 g/mol. The number of hydrogen-bond donors (Lipinski definition) is 0. The summed E-state index contributed by atoms with van der Waals surface area (Å²) in [6.45, 7) is 7.73. The molecule has 1 rings (SSSR count). The van der Waals surface area contributed by atoms with Gasteiger partial charge >= 0.3 is 0 Å². The van der Waals surface area contributed by atoms with Gasteiger partial charge in [0.1, 0.15) is 0 Å². The topological polar surface area (TPSA) is 31.2 Å². The summed E-state index contributed by atoms with van der Waals surface area (Å²) in [5.41, 5.74) is 0. The Kier molecular flexibility index (Phi) is 4.32. The Morgan fingerprint density at radius 2 is 1.93 bits per heavy atom. The molecule has 4 heteroatoms. The van der Waals surface area contributed by atoms with Gasteiger partial charge in [-0.1, -0.05) is 12.7 Å². The molecule has 14 heavy (non-hydrogen) atoms. The summed E-state index contributed by atoms with van der Waals surface area (Å²) in [5.74, 6) is 0.804. The van der Waals surface area contributed by atoms with Crippen molar-refractivity contribution in [1.29, 1.82) is 0 Å². The molecule has 1 aliphatic heterocycles. The molecule has 1 aliphatic rings. The zero-order chi connectivity index (χ0) is 10.4. The van der Waals surface area contributed by atoms with Gasteiger partial charge in [-0.15, -0.1) is 0 Å². The van der Waals surface area contributed by atoms with E-state index in [9.17, 15) is 0 Å². The maximum absolute atomic E-state index is 4.22. The molecule has 0 atom stereocenters. The second kappa shape index (κ2) is 5.54. The van der Waals surface area contributed by atoms with E-state index in [1.807, 2.05) is 0 Å². The Bertz CT molecular complexity index is 237. The van der Waals surface area contributed by atoms with Crippen molar-refractivity contribution in [2.24, 2.45) is 9.98 Å². The van der Waals surface area contributed by atoms with Gasteiger partial charge in [-0.2, -0.15) is 0 Å². The lowest BCUT2D eigenvalue weighted by Crippen LogP contribution is -2.46. The normalized spacial score (nSPS) is 20.4. The molecule has 78 valence electrons. The predicted octanol–water partition coefficient (Wildman–Crippen LogP) is 0.476. The van der Waals surface area contributed by atoms with Crippen molar-refractivity contribution >= 4 is 12.2 Å². The van der Waals surface area contributed by atoms with Gasteiger partial charge in [0.05, 0.1) is 0 Å². The molecule has 0 bridgehead atoms. The second-order valence-electron chi connectivity index (χ2n) is 3.33. The number of aliphatic imine (C=N–C) groups is 2. The summed E-state index contributed by atoms with van der Waals surface area (Å²) < 4.78 is 0. The van der Waals surface area contributed by atoms with E-state index in [1.54, 1.807) is 19.3 Å². The molecule has 0 aliphatic carbocycles. The van der Waals surface area contributed by atoms with Crippen molar-refractivity contribution in [2.75, 3.05) is 40.3 Å². The van der Waals surface area contributed by atoms with Crippen LogP contribution < -0.4 is 0 Å². The first-order chi connectivity index (χ1) is 6.77. The summed E-state index contributed by atoms with van der Waals surface area (Å²) in [6.07, 6.45) is 3.35. The molecule has 0 unspecified atom stereocenters. The average molecular weight is 194 g/mol. The highest BCUT2D eigenvalue weighted by Gasteiger charge is 2.15. The lowest BCUT2D eigenvalue weighted by atomic mass is 10.3. The van der Waals surface area contributed by atoms with Gasteiger partial charge in [0.15, 0.2) is 0 Å². The summed E-state index contributed by atoms with van der Waals surface area (Å²) in [6, 6.07) is 0. The van der Waals surface area contributed by atoms with Crippen molar-refractivity contribution < 1.29 is 0 Å². The van der Waals surface area contributed by atoms with E-state index in [0.29, 0.717) is 0 Å². The maximum Gasteiger partial charge on any atom is 0.220 e. The third-order valence-corrected chi connectivity index (χ3v) is 2.28. The third kappa shape index (κ3) is 2.96. The smallest absolute Gasteiger partial charge is 0.220 e. The van der Waals surface area contributed by atoms with Crippen molar-refractivity contribution in [3.05, 3.63) is 12.7 Å². The predicted molar refractivity (Wildman–Crippen MR) is 61.1 cm³/mol. The number of guanidine groups is 1. The van der Waals surface area contributed by atoms with Crippen molar-refractivity contribution in [1.82, 2.24) is 9.80 Å². The minimum absolute atomic E-state index is 0.804. The Morgan fingerprint density at radius 3 is 2.43 bits per heavy atom. The fourth-order valence-corrected chi connectivity index (χ4v) is 1.41. The fraction of sp³-hybridized carbons (Fsp3) is 0.600. The van der Waals surface area contributed by atoms with Crippen LogP contribution in [0.15, 0.2) is 22.6 Å². The SMILES string of the molecule is C=C/C=N\C(=NC)N1CCN(C)CC1. The van der Waals surface area contributed by atoms with E-state index in [2.05, 4.69) is 33.4 Å². The zero-order valence-corrected chi connectivity index (χ0v) is 8.98. The zero-order valence-electron chi connectivity index (χ0n) is 8.98. The van der Waals surface area contributed by atoms with Crippen LogP contribution in [0.4, 0.5) is 0 Å². The maximum atomic E-state index is 4.22. The molecule has 0 saturated carbocycles. The van der Waals surface area contributed by atoms with Crippen molar-refractivity contribution in [2.45, 2.75) is 0 Å². The first kappa shape index (κ1) is 10.9. The number of rotatable bonds is 1. The Labute approximate surface area is 85.6 Å². The molecule has 4 nitrogen and oxygen atoms in total. The van der Waals surface area contributed by atoms with E-state index in [-0.39, 0.29) is 0 Å². The Balaban J connectivity index is 2.54. The lowest BCUT2D eigenvalue weighted by Gasteiger charge is -2.32. The average Bonchev–Trinajstić information content (AvgIpc) is 2.21. The van der Waals surface area contributed by atoms with E-state index in [1.165, 1.54) is 0 Å². The standard InChI is InChI=1S/C10H18N4/c1-4-5-12-10(11-2)14-8-6-13(3)7-9-14/h4-5H,1,6-9H2,2-3H3/b11-10?,12-5-. The van der Waals surface area contributed by atoms with Gasteiger partial charge in [0.2, 0.25) is 5.96 Å². The Morgan fingerprint density at radius 1 is 1.29 bits per heavy atom. The highest BCUT2D eigenvalue weighted by atomic mass is 15.3. The molecule has 0 amide bonds. The number of hydrogen-bond acceptors (Lipinski definition) is 2. The molecule has 0 aromatic heterocycles. The van der Waals surface area contributed by atoms with Crippen molar-refractivity contribution in [3.8, 4) is 0 Å². The van der Waals surface area contributed by atoms with Crippen LogP contribution in [0.2, 0.25) is 0 Å². The molecule has 0 aromatic rings. The number of likely N-dealkylation sites (N-methyl/N-ethyl adjacent to an activating group) is 1. The van der Waals surface area contributed by atoms with Gasteiger partial charge in [-0.3, -0.25) is 4.99 Å². The molecule has 0 spiro atoms. The summed E-state index contributed by atoms with van der Waals surface area (Å²) in [4.78, 5) is 12.9. The minimum Gasteiger partial charge on any atom is -0.339 e. The largest absolute Gasteiger partial charge is 0.339 e. The van der Waals surface area contributed by atoms with E-state index >= 15 is 0 Å². The summed E-state index contributed by atoms with van der Waals surface area (Å²) >= 11 is 0. The molecule has 1 heterocycles. The van der Waals surface area contributed by atoms with Crippen LogP contribution >= 0.6 is 0 Å².